The number of hydrogen-bond donors (Lipinski definition) is 1. The molecule has 4 amide bonds. The third-order valence-electron chi connectivity index (χ3n) is 6.56. The molecule has 0 aliphatic carbocycles. The van der Waals surface area contributed by atoms with Crippen LogP contribution in [0.4, 0.5) is 16.2 Å². The van der Waals surface area contributed by atoms with Crippen LogP contribution in [0.5, 0.6) is 0 Å². The highest BCUT2D eigenvalue weighted by atomic mass is 16.6. The first-order valence-electron chi connectivity index (χ1n) is 10.2. The van der Waals surface area contributed by atoms with E-state index in [0.717, 1.165) is 22.6 Å². The number of anilines is 1. The summed E-state index contributed by atoms with van der Waals surface area (Å²) in [7, 11) is 0. The number of nitrogens with zero attached hydrogens (tertiary/aromatic N) is 3. The van der Waals surface area contributed by atoms with Crippen molar-refractivity contribution in [2.75, 3.05) is 11.4 Å². The number of nitro benzene ring substituents is 1. The minimum Gasteiger partial charge on any atom is -0.367 e. The topological polar surface area (TPSA) is 113 Å². The van der Waals surface area contributed by atoms with Gasteiger partial charge in [0.1, 0.15) is 0 Å². The van der Waals surface area contributed by atoms with Crippen molar-refractivity contribution in [3.05, 3.63) is 69.8 Å². The zero-order valence-corrected chi connectivity index (χ0v) is 16.6. The van der Waals surface area contributed by atoms with Gasteiger partial charge in [-0.3, -0.25) is 29.9 Å². The molecule has 1 N–H and O–H groups in total. The van der Waals surface area contributed by atoms with Gasteiger partial charge in [-0.1, -0.05) is 30.3 Å². The van der Waals surface area contributed by atoms with Gasteiger partial charge in [-0.05, 0) is 30.0 Å². The third kappa shape index (κ3) is 2.80. The van der Waals surface area contributed by atoms with E-state index in [1.807, 2.05) is 35.2 Å². The van der Waals surface area contributed by atoms with E-state index >= 15 is 0 Å². The van der Waals surface area contributed by atoms with E-state index < -0.39 is 34.2 Å². The van der Waals surface area contributed by atoms with E-state index in [4.69, 9.17) is 0 Å². The Bertz CT molecular complexity index is 1120. The molecule has 1 spiro atoms. The van der Waals surface area contributed by atoms with Crippen LogP contribution in [0.1, 0.15) is 24.0 Å². The number of benzene rings is 2. The first-order valence-corrected chi connectivity index (χ1v) is 10.2. The second kappa shape index (κ2) is 6.90. The minimum absolute atomic E-state index is 0.0222. The van der Waals surface area contributed by atoms with Gasteiger partial charge < -0.3 is 4.90 Å². The summed E-state index contributed by atoms with van der Waals surface area (Å²) in [6.07, 6.45) is 1.44. The molecule has 0 bridgehead atoms. The van der Waals surface area contributed by atoms with Gasteiger partial charge in [-0.25, -0.2) is 4.79 Å². The first-order chi connectivity index (χ1) is 14.9. The lowest BCUT2D eigenvalue weighted by Crippen LogP contribution is -2.70. The maximum atomic E-state index is 13.8. The van der Waals surface area contributed by atoms with Crippen LogP contribution in [0.15, 0.2) is 48.5 Å². The minimum atomic E-state index is -1.50. The smallest absolute Gasteiger partial charge is 0.331 e. The zero-order valence-electron chi connectivity index (χ0n) is 16.6. The standard InChI is InChI=1S/C22H20N4O5/c27-19-22(20(28)25(21(29)23-19)13-14-5-2-1-3-6-14)12-15-11-16(26(30)31)8-9-17(15)24-10-4-7-18(22)24/h1-3,5-6,8-9,11,18H,4,7,10,12-13H2,(H,23,27,29). The Hall–Kier alpha value is -3.75. The van der Waals surface area contributed by atoms with E-state index in [1.165, 1.54) is 12.1 Å². The monoisotopic (exact) mass is 420 g/mol. The molecule has 9 heteroatoms. The maximum absolute atomic E-state index is 13.8. The third-order valence-corrected chi connectivity index (χ3v) is 6.56. The van der Waals surface area contributed by atoms with Crippen LogP contribution in [-0.4, -0.2) is 40.3 Å². The number of carbonyl (C=O) groups is 3. The van der Waals surface area contributed by atoms with E-state index in [9.17, 15) is 24.5 Å². The molecule has 2 atom stereocenters. The highest BCUT2D eigenvalue weighted by molar-refractivity contribution is 6.20. The van der Waals surface area contributed by atoms with Crippen molar-refractivity contribution in [2.24, 2.45) is 5.41 Å². The van der Waals surface area contributed by atoms with E-state index in [-0.39, 0.29) is 18.7 Å². The van der Waals surface area contributed by atoms with Gasteiger partial charge in [-0.15, -0.1) is 0 Å². The first kappa shape index (κ1) is 19.2. The Labute approximate surface area is 177 Å². The molecule has 2 unspecified atom stereocenters. The average molecular weight is 420 g/mol. The molecule has 3 heterocycles. The summed E-state index contributed by atoms with van der Waals surface area (Å²) in [6, 6.07) is 12.5. The predicted molar refractivity (Wildman–Crippen MR) is 110 cm³/mol. The van der Waals surface area contributed by atoms with Gasteiger partial charge in [0.05, 0.1) is 17.5 Å². The number of nitrogens with one attached hydrogen (secondary N) is 1. The lowest BCUT2D eigenvalue weighted by Gasteiger charge is -2.49. The second-order valence-electron chi connectivity index (χ2n) is 8.21. The molecule has 2 aromatic carbocycles. The normalized spacial score (nSPS) is 24.8. The van der Waals surface area contributed by atoms with E-state index in [0.29, 0.717) is 18.5 Å². The molecular weight excluding hydrogens is 400 g/mol. The maximum Gasteiger partial charge on any atom is 0.331 e. The second-order valence-corrected chi connectivity index (χ2v) is 8.21. The van der Waals surface area contributed by atoms with Crippen molar-refractivity contribution in [2.45, 2.75) is 31.8 Å². The average Bonchev–Trinajstić information content (AvgIpc) is 3.26. The van der Waals surface area contributed by atoms with Crippen molar-refractivity contribution < 1.29 is 19.3 Å². The number of fused-ring (bicyclic) bond motifs is 4. The fourth-order valence-corrected chi connectivity index (χ4v) is 5.16. The molecule has 2 aromatic rings. The zero-order chi connectivity index (χ0) is 21.8. The lowest BCUT2D eigenvalue weighted by molar-refractivity contribution is -0.384. The highest BCUT2D eigenvalue weighted by Gasteiger charge is 2.62. The van der Waals surface area contributed by atoms with Crippen LogP contribution in [0.3, 0.4) is 0 Å². The highest BCUT2D eigenvalue weighted by Crippen LogP contribution is 2.49. The molecule has 5 rings (SSSR count). The summed E-state index contributed by atoms with van der Waals surface area (Å²) in [6.45, 7) is 0.694. The summed E-state index contributed by atoms with van der Waals surface area (Å²) >= 11 is 0. The van der Waals surface area contributed by atoms with Gasteiger partial charge >= 0.3 is 6.03 Å². The van der Waals surface area contributed by atoms with Crippen molar-refractivity contribution in [3.63, 3.8) is 0 Å². The Kier molecular flexibility index (Phi) is 4.28. The Morgan fingerprint density at radius 1 is 1.13 bits per heavy atom. The number of nitro groups is 1. The van der Waals surface area contributed by atoms with Crippen LogP contribution in [0, 0.1) is 15.5 Å². The fourth-order valence-electron chi connectivity index (χ4n) is 5.16. The number of carbonyl (C=O) groups excluding carboxylic acids is 3. The van der Waals surface area contributed by atoms with E-state index in [2.05, 4.69) is 5.32 Å². The molecule has 0 saturated carbocycles. The van der Waals surface area contributed by atoms with Crippen LogP contribution < -0.4 is 10.2 Å². The van der Waals surface area contributed by atoms with Gasteiger partial charge in [0.15, 0.2) is 5.41 Å². The molecule has 3 aliphatic heterocycles. The summed E-state index contributed by atoms with van der Waals surface area (Å²) < 4.78 is 0. The van der Waals surface area contributed by atoms with Crippen molar-refractivity contribution in [1.82, 2.24) is 10.2 Å². The van der Waals surface area contributed by atoms with E-state index in [1.54, 1.807) is 6.07 Å². The van der Waals surface area contributed by atoms with Gasteiger partial charge in [-0.2, -0.15) is 0 Å². The van der Waals surface area contributed by atoms with Crippen LogP contribution in [0.2, 0.25) is 0 Å². The van der Waals surface area contributed by atoms with Crippen LogP contribution in [0.25, 0.3) is 0 Å². The SMILES string of the molecule is O=C1NC(=O)C2(Cc3cc([N+](=O)[O-])ccc3N3CCCC32)C(=O)N1Cc1ccccc1. The van der Waals surface area contributed by atoms with Crippen molar-refractivity contribution in [3.8, 4) is 0 Å². The summed E-state index contributed by atoms with van der Waals surface area (Å²) in [5, 5.41) is 13.7. The molecule has 0 radical (unpaired) electrons. The molecule has 3 aliphatic rings. The molecule has 0 aromatic heterocycles. The Morgan fingerprint density at radius 3 is 2.65 bits per heavy atom. The molecule has 9 nitrogen and oxygen atoms in total. The summed E-state index contributed by atoms with van der Waals surface area (Å²) in [4.78, 5) is 53.5. The number of barbiturate groups is 1. The van der Waals surface area contributed by atoms with Crippen molar-refractivity contribution >= 4 is 29.2 Å². The van der Waals surface area contributed by atoms with Crippen LogP contribution in [-0.2, 0) is 22.6 Å². The number of rotatable bonds is 3. The molecule has 31 heavy (non-hydrogen) atoms. The van der Waals surface area contributed by atoms with Gasteiger partial charge in [0.25, 0.3) is 5.69 Å². The van der Waals surface area contributed by atoms with Crippen LogP contribution >= 0.6 is 0 Å². The van der Waals surface area contributed by atoms with Gasteiger partial charge in [0.2, 0.25) is 11.8 Å². The Balaban J connectivity index is 1.60. The molecule has 158 valence electrons. The number of non-ortho nitro benzene ring substituents is 1. The summed E-state index contributed by atoms with van der Waals surface area (Å²) in [5.41, 5.74) is 0.565. The quantitative estimate of drug-likeness (QED) is 0.463. The molecule has 2 saturated heterocycles. The lowest BCUT2D eigenvalue weighted by atomic mass is 9.68. The number of amides is 4. The molecular formula is C22H20N4O5. The van der Waals surface area contributed by atoms with Crippen molar-refractivity contribution in [1.29, 1.82) is 0 Å². The fraction of sp³-hybridized carbons (Fsp3) is 0.318. The Morgan fingerprint density at radius 2 is 1.90 bits per heavy atom. The van der Waals surface area contributed by atoms with Gasteiger partial charge in [0, 0.05) is 30.8 Å². The molecule has 2 fully saturated rings. The number of hydrogen-bond acceptors (Lipinski definition) is 6. The predicted octanol–water partition coefficient (Wildman–Crippen LogP) is 2.38. The largest absolute Gasteiger partial charge is 0.367 e. The number of imide groups is 2. The number of urea groups is 1. The summed E-state index contributed by atoms with van der Waals surface area (Å²) in [5.74, 6) is -1.17.